The van der Waals surface area contributed by atoms with Crippen LogP contribution in [0.25, 0.3) is 0 Å². The Morgan fingerprint density at radius 2 is 1.84 bits per heavy atom. The second-order valence-corrected chi connectivity index (χ2v) is 5.79. The van der Waals surface area contributed by atoms with Gasteiger partial charge in [0.15, 0.2) is 29.0 Å². The van der Waals surface area contributed by atoms with Gasteiger partial charge in [-0.3, -0.25) is 9.48 Å². The third-order valence-corrected chi connectivity index (χ3v) is 3.52. The number of hydrogen-bond acceptors (Lipinski definition) is 3. The Bertz CT molecular complexity index is 929. The number of nitrogens with zero attached hydrogens (tertiary/aromatic N) is 4. The number of rotatable bonds is 4. The van der Waals surface area contributed by atoms with Gasteiger partial charge in [0.1, 0.15) is 12.4 Å². The average molecular weight is 418 g/mol. The van der Waals surface area contributed by atoms with Crippen LogP contribution >= 0.6 is 15.9 Å². The number of halogens is 5. The zero-order valence-corrected chi connectivity index (χ0v) is 13.8. The molecule has 3 rings (SSSR count). The summed E-state index contributed by atoms with van der Waals surface area (Å²) in [5.74, 6) is -7.67. The molecule has 0 fully saturated rings. The summed E-state index contributed by atoms with van der Waals surface area (Å²) >= 11 is 3.23. The molecule has 0 aliphatic carbocycles. The van der Waals surface area contributed by atoms with E-state index in [1.54, 1.807) is 17.7 Å². The summed E-state index contributed by atoms with van der Waals surface area (Å²) in [4.78, 5) is 12.0. The quantitative estimate of drug-likeness (QED) is 0.523. The molecule has 0 bridgehead atoms. The second kappa shape index (κ2) is 6.67. The normalized spacial score (nSPS) is 10.9. The number of benzene rings is 1. The molecule has 1 N–H and O–H groups in total. The fourth-order valence-corrected chi connectivity index (χ4v) is 2.31. The van der Waals surface area contributed by atoms with Gasteiger partial charge in [0.05, 0.1) is 10.7 Å². The van der Waals surface area contributed by atoms with Crippen LogP contribution in [-0.4, -0.2) is 25.5 Å². The van der Waals surface area contributed by atoms with Crippen molar-refractivity contribution in [3.05, 3.63) is 64.2 Å². The van der Waals surface area contributed by atoms with Gasteiger partial charge >= 0.3 is 0 Å². The molecule has 11 heteroatoms. The molecule has 0 aliphatic rings. The Morgan fingerprint density at radius 3 is 2.44 bits per heavy atom. The maximum absolute atomic E-state index is 13.6. The fraction of sp³-hybridized carbons (Fsp3) is 0.0714. The summed E-state index contributed by atoms with van der Waals surface area (Å²) in [7, 11) is 0. The van der Waals surface area contributed by atoms with Gasteiger partial charge in [-0.2, -0.15) is 10.2 Å². The summed E-state index contributed by atoms with van der Waals surface area (Å²) in [5.41, 5.74) is -1.41. The molecule has 6 nitrogen and oxygen atoms in total. The van der Waals surface area contributed by atoms with Gasteiger partial charge < -0.3 is 5.32 Å². The van der Waals surface area contributed by atoms with E-state index in [-0.39, 0.29) is 18.4 Å². The molecule has 0 aliphatic heterocycles. The Balaban J connectivity index is 1.79. The van der Waals surface area contributed by atoms with Crippen molar-refractivity contribution in [1.82, 2.24) is 19.6 Å². The van der Waals surface area contributed by atoms with Crippen molar-refractivity contribution in [2.75, 3.05) is 5.32 Å². The minimum Gasteiger partial charge on any atom is -0.315 e. The topological polar surface area (TPSA) is 64.7 Å². The lowest BCUT2D eigenvalue weighted by molar-refractivity contribution is 0.102. The van der Waals surface area contributed by atoms with E-state index in [2.05, 4.69) is 26.1 Å². The Morgan fingerprint density at radius 1 is 1.16 bits per heavy atom. The van der Waals surface area contributed by atoms with Crippen LogP contribution in [0.2, 0.25) is 0 Å². The molecule has 1 aromatic carbocycles. The number of hydrogen-bond donors (Lipinski definition) is 1. The average Bonchev–Trinajstić information content (AvgIpc) is 3.19. The number of aromatic nitrogens is 4. The minimum atomic E-state index is -1.70. The number of carbonyl (C=O) groups is 1. The predicted octanol–water partition coefficient (Wildman–Crippen LogP) is 3.16. The maximum Gasteiger partial charge on any atom is 0.276 e. The molecule has 3 aromatic rings. The van der Waals surface area contributed by atoms with Crippen LogP contribution in [-0.2, 0) is 6.67 Å². The molecule has 1 amide bonds. The Kier molecular flexibility index (Phi) is 4.57. The first-order valence-electron chi connectivity index (χ1n) is 6.71. The largest absolute Gasteiger partial charge is 0.315 e. The highest BCUT2D eigenvalue weighted by Gasteiger charge is 2.22. The SMILES string of the molecule is O=C(Nc1c(F)c(F)cc(F)c1F)c1ccn(Cn2cc(Br)cn2)n1. The van der Waals surface area contributed by atoms with E-state index in [9.17, 15) is 22.4 Å². The van der Waals surface area contributed by atoms with Crippen LogP contribution < -0.4 is 5.32 Å². The Hall–Kier alpha value is -2.69. The van der Waals surface area contributed by atoms with Crippen molar-refractivity contribution in [2.45, 2.75) is 6.67 Å². The number of amides is 1. The van der Waals surface area contributed by atoms with E-state index in [0.717, 1.165) is 4.47 Å². The second-order valence-electron chi connectivity index (χ2n) is 4.88. The molecule has 0 unspecified atom stereocenters. The minimum absolute atomic E-state index is 0.0528. The lowest BCUT2D eigenvalue weighted by Gasteiger charge is -2.07. The van der Waals surface area contributed by atoms with Crippen molar-refractivity contribution >= 4 is 27.5 Å². The summed E-state index contributed by atoms with van der Waals surface area (Å²) in [6.07, 6.45) is 4.66. The maximum atomic E-state index is 13.6. The van der Waals surface area contributed by atoms with E-state index < -0.39 is 34.9 Å². The molecule has 0 atom stereocenters. The first-order valence-corrected chi connectivity index (χ1v) is 7.50. The van der Waals surface area contributed by atoms with Crippen LogP contribution in [0.4, 0.5) is 23.2 Å². The van der Waals surface area contributed by atoms with Crippen molar-refractivity contribution in [2.24, 2.45) is 0 Å². The summed E-state index contributed by atoms with van der Waals surface area (Å²) in [5, 5.41) is 9.70. The lowest BCUT2D eigenvalue weighted by atomic mass is 10.2. The number of nitrogens with one attached hydrogen (secondary N) is 1. The van der Waals surface area contributed by atoms with Crippen molar-refractivity contribution in [3.8, 4) is 0 Å². The zero-order valence-electron chi connectivity index (χ0n) is 12.2. The van der Waals surface area contributed by atoms with Crippen LogP contribution in [0, 0.1) is 23.3 Å². The van der Waals surface area contributed by atoms with Crippen LogP contribution in [0.5, 0.6) is 0 Å². The molecule has 0 radical (unpaired) electrons. The first-order chi connectivity index (χ1) is 11.8. The molecule has 0 saturated carbocycles. The third-order valence-electron chi connectivity index (χ3n) is 3.12. The highest BCUT2D eigenvalue weighted by Crippen LogP contribution is 2.24. The van der Waals surface area contributed by atoms with E-state index in [0.29, 0.717) is 0 Å². The van der Waals surface area contributed by atoms with Crippen molar-refractivity contribution in [1.29, 1.82) is 0 Å². The third kappa shape index (κ3) is 3.55. The molecule has 0 saturated heterocycles. The van der Waals surface area contributed by atoms with Gasteiger partial charge in [0.25, 0.3) is 5.91 Å². The summed E-state index contributed by atoms with van der Waals surface area (Å²) in [6.45, 7) is 0.177. The summed E-state index contributed by atoms with van der Waals surface area (Å²) in [6, 6.07) is 1.33. The highest BCUT2D eigenvalue weighted by atomic mass is 79.9. The lowest BCUT2D eigenvalue weighted by Crippen LogP contribution is -2.17. The van der Waals surface area contributed by atoms with Crippen LogP contribution in [0.3, 0.4) is 0 Å². The first kappa shape index (κ1) is 17.1. The molecule has 130 valence electrons. The molecule has 0 spiro atoms. The van der Waals surface area contributed by atoms with E-state index in [4.69, 9.17) is 0 Å². The smallest absolute Gasteiger partial charge is 0.276 e. The molecule has 25 heavy (non-hydrogen) atoms. The van der Waals surface area contributed by atoms with Crippen molar-refractivity contribution < 1.29 is 22.4 Å². The zero-order chi connectivity index (χ0) is 18.1. The number of anilines is 1. The van der Waals surface area contributed by atoms with E-state index >= 15 is 0 Å². The Labute approximate surface area is 146 Å². The van der Waals surface area contributed by atoms with Gasteiger partial charge in [0.2, 0.25) is 0 Å². The van der Waals surface area contributed by atoms with Crippen LogP contribution in [0.15, 0.2) is 35.2 Å². The standard InChI is InChI=1S/C14H8BrF4N5O/c15-7-4-20-24(5-7)6-23-2-1-10(22-23)14(25)21-13-11(18)8(16)3-9(17)12(13)19/h1-5H,6H2,(H,21,25). The predicted molar refractivity (Wildman–Crippen MR) is 81.8 cm³/mol. The van der Waals surface area contributed by atoms with E-state index in [1.807, 2.05) is 0 Å². The van der Waals surface area contributed by atoms with Gasteiger partial charge in [0, 0.05) is 18.5 Å². The van der Waals surface area contributed by atoms with Gasteiger partial charge in [-0.05, 0) is 22.0 Å². The van der Waals surface area contributed by atoms with Crippen LogP contribution in [0.1, 0.15) is 10.5 Å². The van der Waals surface area contributed by atoms with Crippen molar-refractivity contribution in [3.63, 3.8) is 0 Å². The molecule has 2 heterocycles. The number of carbonyl (C=O) groups excluding carboxylic acids is 1. The highest BCUT2D eigenvalue weighted by molar-refractivity contribution is 9.10. The molecule has 2 aromatic heterocycles. The molecular formula is C14H8BrF4N5O. The fourth-order valence-electron chi connectivity index (χ4n) is 1.99. The van der Waals surface area contributed by atoms with Gasteiger partial charge in [-0.15, -0.1) is 0 Å². The summed E-state index contributed by atoms with van der Waals surface area (Å²) < 4.78 is 57.1. The van der Waals surface area contributed by atoms with Gasteiger partial charge in [-0.1, -0.05) is 0 Å². The monoisotopic (exact) mass is 417 g/mol. The van der Waals surface area contributed by atoms with Gasteiger partial charge in [-0.25, -0.2) is 22.2 Å². The van der Waals surface area contributed by atoms with E-state index in [1.165, 1.54) is 21.6 Å². The molecular weight excluding hydrogens is 410 g/mol.